The van der Waals surface area contributed by atoms with Gasteiger partial charge in [0.15, 0.2) is 10.9 Å². The van der Waals surface area contributed by atoms with E-state index in [-0.39, 0.29) is 5.78 Å². The number of hydrogen-bond acceptors (Lipinski definition) is 5. The Bertz CT molecular complexity index is 405. The minimum Gasteiger partial charge on any atom is -0.376 e. The summed E-state index contributed by atoms with van der Waals surface area (Å²) < 4.78 is 5.81. The van der Waals surface area contributed by atoms with Crippen molar-refractivity contribution in [3.8, 4) is 0 Å². The van der Waals surface area contributed by atoms with Crippen LogP contribution >= 0.6 is 11.3 Å². The van der Waals surface area contributed by atoms with Gasteiger partial charge in [0.1, 0.15) is 5.69 Å². The van der Waals surface area contributed by atoms with E-state index in [0.717, 1.165) is 44.1 Å². The number of carbonyl (C=O) groups is 1. The van der Waals surface area contributed by atoms with Crippen molar-refractivity contribution in [3.05, 3.63) is 11.1 Å². The molecule has 1 aliphatic heterocycles. The third-order valence-electron chi connectivity index (χ3n) is 3.06. The van der Waals surface area contributed by atoms with Crippen molar-refractivity contribution in [2.45, 2.75) is 39.2 Å². The van der Waals surface area contributed by atoms with Gasteiger partial charge >= 0.3 is 0 Å². The molecule has 1 aliphatic rings. The summed E-state index contributed by atoms with van der Waals surface area (Å²) in [7, 11) is 0. The fourth-order valence-electron chi connectivity index (χ4n) is 2.10. The molecule has 4 nitrogen and oxygen atoms in total. The lowest BCUT2D eigenvalue weighted by molar-refractivity contribution is 0.0440. The van der Waals surface area contributed by atoms with Gasteiger partial charge in [-0.1, -0.05) is 6.92 Å². The number of ether oxygens (including phenoxy) is 1. The molecule has 0 saturated carbocycles. The summed E-state index contributed by atoms with van der Waals surface area (Å²) in [6, 6.07) is 0. The maximum Gasteiger partial charge on any atom is 0.186 e. The first kappa shape index (κ1) is 13.5. The topological polar surface area (TPSA) is 42.4 Å². The molecule has 1 aromatic rings. The van der Waals surface area contributed by atoms with Gasteiger partial charge in [-0.05, 0) is 19.3 Å². The first-order chi connectivity index (χ1) is 8.70. The van der Waals surface area contributed by atoms with E-state index in [1.165, 1.54) is 0 Å². The van der Waals surface area contributed by atoms with Crippen LogP contribution < -0.4 is 4.90 Å². The van der Waals surface area contributed by atoms with E-state index in [2.05, 4.69) is 16.8 Å². The number of anilines is 1. The normalized spacial score (nSPS) is 20.1. The monoisotopic (exact) mass is 268 g/mol. The highest BCUT2D eigenvalue weighted by atomic mass is 32.1. The SMILES string of the molecule is CCCOC1CCCN(c2nc(C(C)=O)cs2)C1. The van der Waals surface area contributed by atoms with E-state index in [0.29, 0.717) is 11.8 Å². The molecule has 1 unspecified atom stereocenters. The van der Waals surface area contributed by atoms with Gasteiger partial charge in [-0.15, -0.1) is 11.3 Å². The van der Waals surface area contributed by atoms with Gasteiger partial charge in [0, 0.05) is 32.0 Å². The number of ketones is 1. The standard InChI is InChI=1S/C13H20N2O2S/c1-3-7-17-11-5-4-6-15(8-11)13-14-12(9-18-13)10(2)16/h9,11H,3-8H2,1-2H3. The molecule has 0 bridgehead atoms. The van der Waals surface area contributed by atoms with Crippen molar-refractivity contribution >= 4 is 22.3 Å². The van der Waals surface area contributed by atoms with E-state index in [4.69, 9.17) is 4.74 Å². The summed E-state index contributed by atoms with van der Waals surface area (Å²) in [5, 5.41) is 2.79. The first-order valence-electron chi connectivity index (χ1n) is 6.53. The van der Waals surface area contributed by atoms with E-state index < -0.39 is 0 Å². The van der Waals surface area contributed by atoms with Gasteiger partial charge in [-0.3, -0.25) is 4.79 Å². The second kappa shape index (κ2) is 6.29. The lowest BCUT2D eigenvalue weighted by Gasteiger charge is -2.32. The molecule has 1 aromatic heterocycles. The Balaban J connectivity index is 1.96. The van der Waals surface area contributed by atoms with E-state index in [1.54, 1.807) is 18.3 Å². The zero-order chi connectivity index (χ0) is 13.0. The molecular weight excluding hydrogens is 248 g/mol. The van der Waals surface area contributed by atoms with E-state index in [1.807, 2.05) is 5.38 Å². The fourth-order valence-corrected chi connectivity index (χ4v) is 3.01. The van der Waals surface area contributed by atoms with Gasteiger partial charge in [0.05, 0.1) is 6.10 Å². The second-order valence-corrected chi connectivity index (χ2v) is 5.49. The molecule has 1 atom stereocenters. The number of aromatic nitrogens is 1. The number of rotatable bonds is 5. The minimum atomic E-state index is 0.0355. The van der Waals surface area contributed by atoms with Crippen LogP contribution in [0.3, 0.4) is 0 Å². The first-order valence-corrected chi connectivity index (χ1v) is 7.41. The van der Waals surface area contributed by atoms with Crippen LogP contribution in [0.4, 0.5) is 5.13 Å². The maximum atomic E-state index is 11.2. The molecule has 0 N–H and O–H groups in total. The fraction of sp³-hybridized carbons (Fsp3) is 0.692. The lowest BCUT2D eigenvalue weighted by Crippen LogP contribution is -2.39. The number of piperidine rings is 1. The van der Waals surface area contributed by atoms with Crippen LogP contribution in [-0.2, 0) is 4.74 Å². The molecule has 1 saturated heterocycles. The number of nitrogens with zero attached hydrogens (tertiary/aromatic N) is 2. The average molecular weight is 268 g/mol. The van der Waals surface area contributed by atoms with E-state index >= 15 is 0 Å². The second-order valence-electron chi connectivity index (χ2n) is 4.65. The Kier molecular flexibility index (Phi) is 4.72. The average Bonchev–Trinajstić information content (AvgIpc) is 2.86. The minimum absolute atomic E-state index is 0.0355. The summed E-state index contributed by atoms with van der Waals surface area (Å²) in [5.41, 5.74) is 0.576. The molecule has 5 heteroatoms. The molecule has 2 heterocycles. The predicted octanol–water partition coefficient (Wildman–Crippen LogP) is 2.74. The summed E-state index contributed by atoms with van der Waals surface area (Å²) >= 11 is 1.55. The maximum absolute atomic E-state index is 11.2. The number of Topliss-reactive ketones (excluding diaryl/α,β-unsaturated/α-hetero) is 1. The Morgan fingerprint density at radius 3 is 3.17 bits per heavy atom. The van der Waals surface area contributed by atoms with E-state index in [9.17, 15) is 4.79 Å². The zero-order valence-corrected chi connectivity index (χ0v) is 11.8. The van der Waals surface area contributed by atoms with Gasteiger partial charge in [0.25, 0.3) is 0 Å². The molecule has 2 rings (SSSR count). The third kappa shape index (κ3) is 3.29. The molecule has 0 aromatic carbocycles. The van der Waals surface area contributed by atoms with Gasteiger partial charge in [0.2, 0.25) is 0 Å². The summed E-state index contributed by atoms with van der Waals surface area (Å²) in [4.78, 5) is 17.9. The molecule has 0 spiro atoms. The Morgan fingerprint density at radius 2 is 2.50 bits per heavy atom. The van der Waals surface area contributed by atoms with Crippen LogP contribution in [0.15, 0.2) is 5.38 Å². The number of hydrogen-bond donors (Lipinski definition) is 0. The van der Waals surface area contributed by atoms with Crippen molar-refractivity contribution in [1.82, 2.24) is 4.98 Å². The molecule has 0 radical (unpaired) electrons. The quantitative estimate of drug-likeness (QED) is 0.770. The molecule has 0 amide bonds. The van der Waals surface area contributed by atoms with Crippen molar-refractivity contribution in [2.24, 2.45) is 0 Å². The van der Waals surface area contributed by atoms with Crippen LogP contribution in [0, 0.1) is 0 Å². The largest absolute Gasteiger partial charge is 0.376 e. The van der Waals surface area contributed by atoms with Crippen LogP contribution in [0.1, 0.15) is 43.6 Å². The smallest absolute Gasteiger partial charge is 0.186 e. The predicted molar refractivity (Wildman–Crippen MR) is 73.6 cm³/mol. The molecule has 100 valence electrons. The number of carbonyl (C=O) groups excluding carboxylic acids is 1. The Hall–Kier alpha value is -0.940. The van der Waals surface area contributed by atoms with Crippen LogP contribution in [0.2, 0.25) is 0 Å². The molecule has 1 fully saturated rings. The highest BCUT2D eigenvalue weighted by Crippen LogP contribution is 2.25. The molecular formula is C13H20N2O2S. The summed E-state index contributed by atoms with van der Waals surface area (Å²) in [6.07, 6.45) is 3.62. The highest BCUT2D eigenvalue weighted by molar-refractivity contribution is 7.13. The van der Waals surface area contributed by atoms with Crippen LogP contribution in [-0.4, -0.2) is 36.6 Å². The lowest BCUT2D eigenvalue weighted by atomic mass is 10.1. The summed E-state index contributed by atoms with van der Waals surface area (Å²) in [6.45, 7) is 6.42. The third-order valence-corrected chi connectivity index (χ3v) is 3.96. The van der Waals surface area contributed by atoms with Crippen LogP contribution in [0.5, 0.6) is 0 Å². The van der Waals surface area contributed by atoms with Gasteiger partial charge in [-0.25, -0.2) is 4.98 Å². The number of thiazole rings is 1. The van der Waals surface area contributed by atoms with Crippen molar-refractivity contribution in [1.29, 1.82) is 0 Å². The molecule has 18 heavy (non-hydrogen) atoms. The highest BCUT2D eigenvalue weighted by Gasteiger charge is 2.22. The van der Waals surface area contributed by atoms with Crippen molar-refractivity contribution in [2.75, 3.05) is 24.6 Å². The van der Waals surface area contributed by atoms with Crippen molar-refractivity contribution < 1.29 is 9.53 Å². The zero-order valence-electron chi connectivity index (χ0n) is 11.0. The van der Waals surface area contributed by atoms with Crippen LogP contribution in [0.25, 0.3) is 0 Å². The summed E-state index contributed by atoms with van der Waals surface area (Å²) in [5.74, 6) is 0.0355. The van der Waals surface area contributed by atoms with Crippen molar-refractivity contribution in [3.63, 3.8) is 0 Å². The Labute approximate surface area is 112 Å². The molecule has 0 aliphatic carbocycles. The van der Waals surface area contributed by atoms with Gasteiger partial charge in [-0.2, -0.15) is 0 Å². The van der Waals surface area contributed by atoms with Gasteiger partial charge < -0.3 is 9.64 Å². The Morgan fingerprint density at radius 1 is 1.67 bits per heavy atom.